The Hall–Kier alpha value is -2.54. The molecule has 4 rings (SSSR count). The zero-order valence-electron chi connectivity index (χ0n) is 15.2. The Morgan fingerprint density at radius 1 is 1.18 bits per heavy atom. The average molecular weight is 443 g/mol. The third-order valence-electron chi connectivity index (χ3n) is 5.11. The minimum Gasteiger partial charge on any atom is -0.370 e. The standard InChI is InChI=1S/C21H20BrFN4O/c22-16-11-18-20(25-13-16)19(5-8-24-18)27-9-6-15(7-10-27)21(28)26-12-14-1-3-17(23)4-2-14/h1-5,8,11,13,15H,6-7,9-10,12H2,(H,26,28). The third-order valence-corrected chi connectivity index (χ3v) is 5.54. The highest BCUT2D eigenvalue weighted by molar-refractivity contribution is 9.10. The van der Waals surface area contributed by atoms with E-state index in [0.717, 1.165) is 52.7 Å². The molecule has 3 aromatic rings. The second-order valence-corrected chi connectivity index (χ2v) is 7.87. The number of fused-ring (bicyclic) bond motifs is 1. The van der Waals surface area contributed by atoms with Gasteiger partial charge in [-0.1, -0.05) is 12.1 Å². The molecule has 0 unspecified atom stereocenters. The van der Waals surface area contributed by atoms with E-state index in [1.807, 2.05) is 12.1 Å². The maximum Gasteiger partial charge on any atom is 0.223 e. The molecule has 1 fully saturated rings. The van der Waals surface area contributed by atoms with Gasteiger partial charge in [0.25, 0.3) is 0 Å². The largest absolute Gasteiger partial charge is 0.370 e. The Morgan fingerprint density at radius 3 is 2.68 bits per heavy atom. The smallest absolute Gasteiger partial charge is 0.223 e. The topological polar surface area (TPSA) is 58.1 Å². The van der Waals surface area contributed by atoms with E-state index in [4.69, 9.17) is 0 Å². The Balaban J connectivity index is 1.37. The van der Waals surface area contributed by atoms with Gasteiger partial charge in [0.2, 0.25) is 5.91 Å². The summed E-state index contributed by atoms with van der Waals surface area (Å²) in [5.74, 6) is -0.217. The molecule has 1 aliphatic rings. The number of amides is 1. The Kier molecular flexibility index (Phi) is 5.52. The molecular weight excluding hydrogens is 423 g/mol. The summed E-state index contributed by atoms with van der Waals surface area (Å²) < 4.78 is 13.9. The van der Waals surface area contributed by atoms with Crippen LogP contribution in [-0.4, -0.2) is 29.0 Å². The lowest BCUT2D eigenvalue weighted by Crippen LogP contribution is -2.40. The number of nitrogens with one attached hydrogen (secondary N) is 1. The lowest BCUT2D eigenvalue weighted by Gasteiger charge is -2.33. The highest BCUT2D eigenvalue weighted by Gasteiger charge is 2.26. The second-order valence-electron chi connectivity index (χ2n) is 6.96. The van der Waals surface area contributed by atoms with Crippen molar-refractivity contribution in [3.63, 3.8) is 0 Å². The first-order valence-electron chi connectivity index (χ1n) is 9.27. The molecule has 144 valence electrons. The van der Waals surface area contributed by atoms with Crippen molar-refractivity contribution in [3.8, 4) is 0 Å². The number of carbonyl (C=O) groups is 1. The van der Waals surface area contributed by atoms with Crippen LogP contribution >= 0.6 is 15.9 Å². The molecule has 1 N–H and O–H groups in total. The first-order chi connectivity index (χ1) is 13.6. The van der Waals surface area contributed by atoms with E-state index in [1.54, 1.807) is 24.5 Å². The van der Waals surface area contributed by atoms with Crippen molar-refractivity contribution in [1.29, 1.82) is 0 Å². The summed E-state index contributed by atoms with van der Waals surface area (Å²) in [6.07, 6.45) is 5.15. The first kappa shape index (κ1) is 18.8. The van der Waals surface area contributed by atoms with Gasteiger partial charge in [-0.05, 0) is 58.6 Å². The Labute approximate surface area is 171 Å². The number of anilines is 1. The molecule has 1 aliphatic heterocycles. The van der Waals surface area contributed by atoms with Crippen molar-refractivity contribution in [3.05, 3.63) is 64.6 Å². The van der Waals surface area contributed by atoms with Gasteiger partial charge in [-0.3, -0.25) is 14.8 Å². The van der Waals surface area contributed by atoms with E-state index in [9.17, 15) is 9.18 Å². The number of hydrogen-bond acceptors (Lipinski definition) is 4. The van der Waals surface area contributed by atoms with E-state index in [1.165, 1.54) is 12.1 Å². The van der Waals surface area contributed by atoms with Gasteiger partial charge in [0.15, 0.2) is 0 Å². The van der Waals surface area contributed by atoms with Crippen LogP contribution in [0, 0.1) is 11.7 Å². The molecule has 7 heteroatoms. The molecule has 5 nitrogen and oxygen atoms in total. The number of nitrogens with zero attached hydrogens (tertiary/aromatic N) is 3. The van der Waals surface area contributed by atoms with E-state index in [0.29, 0.717) is 6.54 Å². The number of carbonyl (C=O) groups excluding carboxylic acids is 1. The van der Waals surface area contributed by atoms with Gasteiger partial charge >= 0.3 is 0 Å². The van der Waals surface area contributed by atoms with Gasteiger partial charge in [0.1, 0.15) is 11.3 Å². The predicted octanol–water partition coefficient (Wildman–Crippen LogP) is 4.06. The van der Waals surface area contributed by atoms with Crippen LogP contribution in [0.3, 0.4) is 0 Å². The summed E-state index contributed by atoms with van der Waals surface area (Å²) in [4.78, 5) is 23.7. The van der Waals surface area contributed by atoms with Crippen molar-refractivity contribution in [2.75, 3.05) is 18.0 Å². The maximum atomic E-state index is 13.0. The van der Waals surface area contributed by atoms with Gasteiger partial charge in [-0.15, -0.1) is 0 Å². The molecule has 0 radical (unpaired) electrons. The molecule has 3 heterocycles. The fourth-order valence-corrected chi connectivity index (χ4v) is 3.88. The van der Waals surface area contributed by atoms with Gasteiger partial charge in [-0.25, -0.2) is 4.39 Å². The number of piperidine rings is 1. The van der Waals surface area contributed by atoms with E-state index < -0.39 is 0 Å². The molecule has 1 aromatic carbocycles. The number of pyridine rings is 2. The number of halogens is 2. The van der Waals surface area contributed by atoms with Crippen LogP contribution in [0.5, 0.6) is 0 Å². The number of rotatable bonds is 4. The average Bonchev–Trinajstić information content (AvgIpc) is 2.72. The molecule has 0 aliphatic carbocycles. The summed E-state index contributed by atoms with van der Waals surface area (Å²) in [6, 6.07) is 10.1. The van der Waals surface area contributed by atoms with Crippen molar-refractivity contribution in [2.24, 2.45) is 5.92 Å². The van der Waals surface area contributed by atoms with Crippen LogP contribution in [0.4, 0.5) is 10.1 Å². The fraction of sp³-hybridized carbons (Fsp3) is 0.286. The van der Waals surface area contributed by atoms with Gasteiger partial charge < -0.3 is 10.2 Å². The number of hydrogen-bond donors (Lipinski definition) is 1. The molecule has 28 heavy (non-hydrogen) atoms. The maximum absolute atomic E-state index is 13.0. The van der Waals surface area contributed by atoms with Crippen LogP contribution in [0.2, 0.25) is 0 Å². The first-order valence-corrected chi connectivity index (χ1v) is 10.1. The van der Waals surface area contributed by atoms with Gasteiger partial charge in [0, 0.05) is 42.4 Å². The number of benzene rings is 1. The summed E-state index contributed by atoms with van der Waals surface area (Å²) in [7, 11) is 0. The second kappa shape index (κ2) is 8.22. The Morgan fingerprint density at radius 2 is 1.93 bits per heavy atom. The van der Waals surface area contributed by atoms with E-state index >= 15 is 0 Å². The monoisotopic (exact) mass is 442 g/mol. The molecular formula is C21H20BrFN4O. The third kappa shape index (κ3) is 4.14. The van der Waals surface area contributed by atoms with Gasteiger partial charge in [-0.2, -0.15) is 0 Å². The quantitative estimate of drug-likeness (QED) is 0.661. The van der Waals surface area contributed by atoms with Crippen LogP contribution in [-0.2, 0) is 11.3 Å². The van der Waals surface area contributed by atoms with Crippen LogP contribution in [0.1, 0.15) is 18.4 Å². The van der Waals surface area contributed by atoms with Crippen LogP contribution in [0.25, 0.3) is 11.0 Å². The molecule has 0 spiro atoms. The lowest BCUT2D eigenvalue weighted by molar-refractivity contribution is -0.125. The predicted molar refractivity (Wildman–Crippen MR) is 110 cm³/mol. The molecule has 1 amide bonds. The summed E-state index contributed by atoms with van der Waals surface area (Å²) >= 11 is 3.43. The van der Waals surface area contributed by atoms with Crippen molar-refractivity contribution in [2.45, 2.75) is 19.4 Å². The van der Waals surface area contributed by atoms with Gasteiger partial charge in [0.05, 0.1) is 11.2 Å². The molecule has 1 saturated heterocycles. The summed E-state index contributed by atoms with van der Waals surface area (Å²) in [5.41, 5.74) is 3.69. The van der Waals surface area contributed by atoms with E-state index in [-0.39, 0.29) is 17.6 Å². The van der Waals surface area contributed by atoms with Crippen LogP contribution < -0.4 is 10.2 Å². The number of aromatic nitrogens is 2. The SMILES string of the molecule is O=C(NCc1ccc(F)cc1)C1CCN(c2ccnc3cc(Br)cnc23)CC1. The fourth-order valence-electron chi connectivity index (χ4n) is 3.56. The summed E-state index contributed by atoms with van der Waals surface area (Å²) in [5, 5.41) is 2.97. The Bertz CT molecular complexity index is 987. The van der Waals surface area contributed by atoms with E-state index in [2.05, 4.69) is 36.1 Å². The summed E-state index contributed by atoms with van der Waals surface area (Å²) in [6.45, 7) is 2.02. The van der Waals surface area contributed by atoms with Crippen molar-refractivity contribution < 1.29 is 9.18 Å². The highest BCUT2D eigenvalue weighted by Crippen LogP contribution is 2.29. The minimum atomic E-state index is -0.270. The van der Waals surface area contributed by atoms with Crippen LogP contribution in [0.15, 0.2) is 53.3 Å². The van der Waals surface area contributed by atoms with Crippen molar-refractivity contribution >= 4 is 38.6 Å². The minimum absolute atomic E-state index is 0.00750. The molecule has 0 atom stereocenters. The van der Waals surface area contributed by atoms with Crippen molar-refractivity contribution in [1.82, 2.24) is 15.3 Å². The molecule has 0 saturated carbocycles. The normalized spacial score (nSPS) is 15.0. The lowest BCUT2D eigenvalue weighted by atomic mass is 9.95. The zero-order chi connectivity index (χ0) is 19.5. The molecule has 2 aromatic heterocycles. The highest BCUT2D eigenvalue weighted by atomic mass is 79.9. The molecule has 0 bridgehead atoms. The zero-order valence-corrected chi connectivity index (χ0v) is 16.8.